The van der Waals surface area contributed by atoms with E-state index in [1.807, 2.05) is 6.92 Å². The first-order chi connectivity index (χ1) is 15.3. The van der Waals surface area contributed by atoms with Crippen LogP contribution in [0.3, 0.4) is 0 Å². The number of alkyl halides is 6. The molecule has 2 saturated heterocycles. The molecule has 0 aromatic heterocycles. The van der Waals surface area contributed by atoms with E-state index in [9.17, 15) is 31.1 Å². The van der Waals surface area contributed by atoms with Crippen molar-refractivity contribution in [2.45, 2.75) is 57.8 Å². The SMILES string of the molecule is COCc1cc(CN2CCC3(CCN(C(=O)OC(C(F)(F)F)C(F)(F)F)CC3)C2)ccc1C. The van der Waals surface area contributed by atoms with Gasteiger partial charge < -0.3 is 14.4 Å². The van der Waals surface area contributed by atoms with Crippen LogP contribution in [0.1, 0.15) is 36.0 Å². The minimum Gasteiger partial charge on any atom is -0.426 e. The molecule has 5 nitrogen and oxygen atoms in total. The highest BCUT2D eigenvalue weighted by Crippen LogP contribution is 2.42. The van der Waals surface area contributed by atoms with E-state index in [2.05, 4.69) is 27.8 Å². The van der Waals surface area contributed by atoms with Crippen LogP contribution in [0.5, 0.6) is 0 Å². The van der Waals surface area contributed by atoms with Crippen LogP contribution in [0.2, 0.25) is 0 Å². The van der Waals surface area contributed by atoms with E-state index < -0.39 is 24.5 Å². The Kier molecular flexibility index (Phi) is 7.52. The number of ether oxygens (including phenoxy) is 2. The molecule has 11 heteroatoms. The zero-order valence-electron chi connectivity index (χ0n) is 18.6. The van der Waals surface area contributed by atoms with Crippen LogP contribution in [0.25, 0.3) is 0 Å². The maximum absolute atomic E-state index is 12.7. The third-order valence-electron chi connectivity index (χ3n) is 6.53. The number of nitrogens with zero attached hydrogens (tertiary/aromatic N) is 2. The predicted molar refractivity (Wildman–Crippen MR) is 107 cm³/mol. The molecule has 2 fully saturated rings. The topological polar surface area (TPSA) is 42.0 Å². The van der Waals surface area contributed by atoms with Crippen molar-refractivity contribution < 1.29 is 40.6 Å². The predicted octanol–water partition coefficient (Wildman–Crippen LogP) is 5.06. The van der Waals surface area contributed by atoms with E-state index in [1.165, 1.54) is 0 Å². The van der Waals surface area contributed by atoms with Gasteiger partial charge in [-0.15, -0.1) is 0 Å². The van der Waals surface area contributed by atoms with E-state index >= 15 is 0 Å². The van der Waals surface area contributed by atoms with Crippen molar-refractivity contribution in [2.75, 3.05) is 33.3 Å². The highest BCUT2D eigenvalue weighted by atomic mass is 19.4. The van der Waals surface area contributed by atoms with Crippen molar-refractivity contribution >= 4 is 6.09 Å². The summed E-state index contributed by atoms with van der Waals surface area (Å²) < 4.78 is 85.1. The summed E-state index contributed by atoms with van der Waals surface area (Å²) in [4.78, 5) is 15.2. The highest BCUT2D eigenvalue weighted by Gasteiger charge is 2.60. The van der Waals surface area contributed by atoms with Crippen LogP contribution in [-0.4, -0.2) is 67.6 Å². The van der Waals surface area contributed by atoms with Gasteiger partial charge in [0.05, 0.1) is 6.61 Å². The second-order valence-corrected chi connectivity index (χ2v) is 8.99. The summed E-state index contributed by atoms with van der Waals surface area (Å²) in [5.74, 6) is 0. The van der Waals surface area contributed by atoms with E-state index in [-0.39, 0.29) is 18.5 Å². The Labute approximate surface area is 188 Å². The van der Waals surface area contributed by atoms with Gasteiger partial charge in [-0.2, -0.15) is 26.3 Å². The van der Waals surface area contributed by atoms with Gasteiger partial charge in [0.2, 0.25) is 0 Å². The summed E-state index contributed by atoms with van der Waals surface area (Å²) in [6.45, 7) is 5.02. The molecule has 2 aliphatic rings. The van der Waals surface area contributed by atoms with Crippen molar-refractivity contribution in [3.05, 3.63) is 34.9 Å². The van der Waals surface area contributed by atoms with Crippen molar-refractivity contribution in [2.24, 2.45) is 5.41 Å². The first kappa shape index (κ1) is 25.6. The number of halogens is 6. The Morgan fingerprint density at radius 3 is 2.24 bits per heavy atom. The zero-order chi connectivity index (χ0) is 24.4. The third kappa shape index (κ3) is 6.32. The number of benzene rings is 1. The fourth-order valence-electron chi connectivity index (χ4n) is 4.62. The van der Waals surface area contributed by atoms with E-state index in [1.54, 1.807) is 7.11 Å². The Bertz CT molecular complexity index is 820. The smallest absolute Gasteiger partial charge is 0.426 e. The monoisotopic (exact) mass is 482 g/mol. The lowest BCUT2D eigenvalue weighted by Gasteiger charge is -2.39. The molecule has 2 heterocycles. The second kappa shape index (κ2) is 9.69. The van der Waals surface area contributed by atoms with Gasteiger partial charge in [0.25, 0.3) is 6.10 Å². The summed E-state index contributed by atoms with van der Waals surface area (Å²) >= 11 is 0. The average molecular weight is 482 g/mol. The molecular weight excluding hydrogens is 454 g/mol. The molecule has 0 saturated carbocycles. The maximum Gasteiger partial charge on any atom is 0.434 e. The van der Waals surface area contributed by atoms with Gasteiger partial charge in [-0.25, -0.2) is 4.79 Å². The number of piperidine rings is 1. The van der Waals surface area contributed by atoms with Crippen molar-refractivity contribution in [3.8, 4) is 0 Å². The van der Waals surface area contributed by atoms with Crippen LogP contribution in [0.15, 0.2) is 18.2 Å². The van der Waals surface area contributed by atoms with Gasteiger partial charge in [-0.3, -0.25) is 4.90 Å². The quantitative estimate of drug-likeness (QED) is 0.551. The molecule has 0 N–H and O–H groups in total. The summed E-state index contributed by atoms with van der Waals surface area (Å²) in [5, 5.41) is 0. The number of carbonyl (C=O) groups excluding carboxylic acids is 1. The number of aryl methyl sites for hydroxylation is 1. The Morgan fingerprint density at radius 2 is 1.67 bits per heavy atom. The molecule has 1 spiro atoms. The van der Waals surface area contributed by atoms with E-state index in [0.29, 0.717) is 19.4 Å². The van der Waals surface area contributed by atoms with Gasteiger partial charge in [-0.1, -0.05) is 18.2 Å². The van der Waals surface area contributed by atoms with E-state index in [0.717, 1.165) is 47.6 Å². The maximum atomic E-state index is 12.7. The van der Waals surface area contributed by atoms with Crippen LogP contribution >= 0.6 is 0 Å². The normalized spacial score (nSPS) is 19.5. The molecule has 0 radical (unpaired) electrons. The second-order valence-electron chi connectivity index (χ2n) is 8.99. The largest absolute Gasteiger partial charge is 0.434 e. The third-order valence-corrected chi connectivity index (χ3v) is 6.53. The van der Waals surface area contributed by atoms with Gasteiger partial charge >= 0.3 is 18.4 Å². The number of hydrogen-bond donors (Lipinski definition) is 0. The van der Waals surface area contributed by atoms with E-state index in [4.69, 9.17) is 4.74 Å². The molecule has 0 atom stereocenters. The van der Waals surface area contributed by atoms with Crippen molar-refractivity contribution in [1.82, 2.24) is 9.80 Å². The number of amides is 1. The van der Waals surface area contributed by atoms with Gasteiger partial charge in [0.15, 0.2) is 0 Å². The number of hydrogen-bond acceptors (Lipinski definition) is 4. The Hall–Kier alpha value is -2.01. The molecule has 0 unspecified atom stereocenters. The molecule has 33 heavy (non-hydrogen) atoms. The number of likely N-dealkylation sites (tertiary alicyclic amines) is 2. The number of carbonyl (C=O) groups is 1. The van der Waals surface area contributed by atoms with Gasteiger partial charge in [0, 0.05) is 33.3 Å². The van der Waals surface area contributed by atoms with Crippen LogP contribution < -0.4 is 0 Å². The van der Waals surface area contributed by atoms with Gasteiger partial charge in [-0.05, 0) is 54.8 Å². The minimum atomic E-state index is -5.71. The summed E-state index contributed by atoms with van der Waals surface area (Å²) in [6, 6.07) is 6.23. The Balaban J connectivity index is 1.54. The average Bonchev–Trinajstić information content (AvgIpc) is 3.09. The molecule has 2 aliphatic heterocycles. The van der Waals surface area contributed by atoms with Crippen LogP contribution in [0, 0.1) is 12.3 Å². The molecule has 0 bridgehead atoms. The lowest BCUT2D eigenvalue weighted by atomic mass is 9.78. The zero-order valence-corrected chi connectivity index (χ0v) is 18.6. The fourth-order valence-corrected chi connectivity index (χ4v) is 4.62. The molecule has 1 aromatic carbocycles. The number of rotatable bonds is 5. The molecular formula is C22H28F6N2O3. The molecule has 0 aliphatic carbocycles. The van der Waals surface area contributed by atoms with Crippen LogP contribution in [0.4, 0.5) is 31.1 Å². The molecule has 1 aromatic rings. The lowest BCUT2D eigenvalue weighted by molar-refractivity contribution is -0.308. The van der Waals surface area contributed by atoms with Gasteiger partial charge in [0.1, 0.15) is 0 Å². The fraction of sp³-hybridized carbons (Fsp3) is 0.682. The molecule has 3 rings (SSSR count). The first-order valence-electron chi connectivity index (χ1n) is 10.7. The first-order valence-corrected chi connectivity index (χ1v) is 10.7. The summed E-state index contributed by atoms with van der Waals surface area (Å²) in [5.41, 5.74) is 3.31. The van der Waals surface area contributed by atoms with Crippen molar-refractivity contribution in [3.63, 3.8) is 0 Å². The molecule has 186 valence electrons. The summed E-state index contributed by atoms with van der Waals surface area (Å²) in [7, 11) is 1.64. The summed E-state index contributed by atoms with van der Waals surface area (Å²) in [6.07, 6.45) is -15.3. The van der Waals surface area contributed by atoms with Crippen molar-refractivity contribution in [1.29, 1.82) is 0 Å². The molecule has 1 amide bonds. The number of methoxy groups -OCH3 is 1. The lowest BCUT2D eigenvalue weighted by Crippen LogP contribution is -2.50. The minimum absolute atomic E-state index is 0.0671. The highest BCUT2D eigenvalue weighted by molar-refractivity contribution is 5.68. The Morgan fingerprint density at radius 1 is 1.06 bits per heavy atom. The van der Waals surface area contributed by atoms with Crippen LogP contribution in [-0.2, 0) is 22.6 Å². The standard InChI is InChI=1S/C22H28F6N2O3/c1-15-3-4-16(11-17(15)13-32-2)12-29-8-5-20(14-29)6-9-30(10-7-20)19(31)33-18(21(23,24)25)22(26,27)28/h3-4,11,18H,5-10,12-14H2,1-2H3.